The van der Waals surface area contributed by atoms with Crippen LogP contribution in [-0.2, 0) is 0 Å². The van der Waals surface area contributed by atoms with Crippen LogP contribution in [-0.4, -0.2) is 37.1 Å². The van der Waals surface area contributed by atoms with E-state index in [9.17, 15) is 0 Å². The lowest BCUT2D eigenvalue weighted by molar-refractivity contribution is 0.140. The van der Waals surface area contributed by atoms with Crippen molar-refractivity contribution in [3.63, 3.8) is 0 Å². The Kier molecular flexibility index (Phi) is 3.75. The minimum Gasteiger partial charge on any atom is -0.312 e. The zero-order valence-electron chi connectivity index (χ0n) is 9.45. The van der Waals surface area contributed by atoms with E-state index in [0.717, 1.165) is 25.6 Å². The lowest BCUT2D eigenvalue weighted by atomic mass is 10.1. The molecule has 0 aromatic rings. The fourth-order valence-electron chi connectivity index (χ4n) is 2.14. The molecule has 0 atom stereocenters. The molecule has 2 aliphatic rings. The van der Waals surface area contributed by atoms with Crippen LogP contribution in [0.3, 0.4) is 0 Å². The van der Waals surface area contributed by atoms with Crippen molar-refractivity contribution in [1.82, 2.24) is 10.2 Å². The molecule has 1 aliphatic heterocycles. The molecule has 2 rings (SSSR count). The number of hydrogen-bond acceptors (Lipinski definition) is 2. The maximum absolute atomic E-state index is 3.47. The number of rotatable bonds is 4. The smallest absolute Gasteiger partial charge is 0.0322 e. The van der Waals surface area contributed by atoms with Gasteiger partial charge in [-0.25, -0.2) is 0 Å². The van der Waals surface area contributed by atoms with E-state index < -0.39 is 0 Å². The zero-order valence-corrected chi connectivity index (χ0v) is 9.45. The van der Waals surface area contributed by atoms with Gasteiger partial charge >= 0.3 is 0 Å². The number of nitrogens with zero attached hydrogens (tertiary/aromatic N) is 1. The molecule has 2 nitrogen and oxygen atoms in total. The summed E-state index contributed by atoms with van der Waals surface area (Å²) in [6.07, 6.45) is 12.0. The Morgan fingerprint density at radius 3 is 3.00 bits per heavy atom. The highest BCUT2D eigenvalue weighted by Crippen LogP contribution is 2.14. The van der Waals surface area contributed by atoms with Gasteiger partial charge in [0.05, 0.1) is 0 Å². The Morgan fingerprint density at radius 2 is 2.20 bits per heavy atom. The van der Waals surface area contributed by atoms with Crippen molar-refractivity contribution >= 4 is 0 Å². The van der Waals surface area contributed by atoms with Crippen molar-refractivity contribution in [2.75, 3.05) is 26.2 Å². The topological polar surface area (TPSA) is 15.3 Å². The van der Waals surface area contributed by atoms with Crippen molar-refractivity contribution in [3.8, 4) is 0 Å². The van der Waals surface area contributed by atoms with Gasteiger partial charge in [-0.2, -0.15) is 0 Å². The predicted octanol–water partition coefficient (Wildman–Crippen LogP) is 1.72. The third-order valence-electron chi connectivity index (χ3n) is 2.95. The standard InChI is InChI=1S/C13H20N2/c1-2-14-13-10-15(11-13)9-12-7-5-3-4-6-8-12/h3-7,13-14H,2,8-11H2,1H3. The van der Waals surface area contributed by atoms with Gasteiger partial charge in [0.1, 0.15) is 0 Å². The molecule has 1 fully saturated rings. The molecule has 0 unspecified atom stereocenters. The summed E-state index contributed by atoms with van der Waals surface area (Å²) in [6.45, 7) is 6.81. The van der Waals surface area contributed by atoms with Crippen LogP contribution in [0.2, 0.25) is 0 Å². The van der Waals surface area contributed by atoms with Gasteiger partial charge in [-0.1, -0.05) is 42.9 Å². The number of likely N-dealkylation sites (tertiary alicyclic amines) is 1. The lowest BCUT2D eigenvalue weighted by Crippen LogP contribution is -2.58. The average Bonchev–Trinajstić information content (AvgIpc) is 2.43. The molecule has 1 aliphatic carbocycles. The van der Waals surface area contributed by atoms with Crippen LogP contribution in [0.4, 0.5) is 0 Å². The Labute approximate surface area is 92.3 Å². The van der Waals surface area contributed by atoms with Gasteiger partial charge in [0.15, 0.2) is 0 Å². The van der Waals surface area contributed by atoms with E-state index in [-0.39, 0.29) is 0 Å². The molecular formula is C13H20N2. The van der Waals surface area contributed by atoms with Crippen LogP contribution in [0.1, 0.15) is 13.3 Å². The second-order valence-corrected chi connectivity index (χ2v) is 4.29. The maximum atomic E-state index is 3.47. The monoisotopic (exact) mass is 204 g/mol. The first kappa shape index (κ1) is 10.7. The summed E-state index contributed by atoms with van der Waals surface area (Å²) >= 11 is 0. The van der Waals surface area contributed by atoms with Gasteiger partial charge in [0, 0.05) is 25.7 Å². The third-order valence-corrected chi connectivity index (χ3v) is 2.95. The van der Waals surface area contributed by atoms with Crippen LogP contribution in [0.25, 0.3) is 0 Å². The SMILES string of the molecule is CCNC1CN(CC2=CC=CC=CC2)C1. The molecule has 0 spiro atoms. The van der Waals surface area contributed by atoms with E-state index in [0.29, 0.717) is 0 Å². The highest BCUT2D eigenvalue weighted by molar-refractivity contribution is 5.24. The van der Waals surface area contributed by atoms with Gasteiger partial charge in [-0.05, 0) is 13.0 Å². The second kappa shape index (κ2) is 5.29. The van der Waals surface area contributed by atoms with Crippen molar-refractivity contribution in [2.24, 2.45) is 0 Å². The zero-order chi connectivity index (χ0) is 10.5. The summed E-state index contributed by atoms with van der Waals surface area (Å²) in [7, 11) is 0. The normalized spacial score (nSPS) is 22.3. The Balaban J connectivity index is 1.73. The van der Waals surface area contributed by atoms with Crippen LogP contribution in [0.15, 0.2) is 36.0 Å². The summed E-state index contributed by atoms with van der Waals surface area (Å²) in [5.41, 5.74) is 1.52. The molecule has 0 aromatic heterocycles. The molecule has 0 bridgehead atoms. The summed E-state index contributed by atoms with van der Waals surface area (Å²) in [5, 5.41) is 3.47. The predicted molar refractivity (Wildman–Crippen MR) is 64.9 cm³/mol. The van der Waals surface area contributed by atoms with E-state index in [1.54, 1.807) is 0 Å². The number of nitrogens with one attached hydrogen (secondary N) is 1. The van der Waals surface area contributed by atoms with Gasteiger partial charge < -0.3 is 5.32 Å². The molecule has 1 N–H and O–H groups in total. The van der Waals surface area contributed by atoms with Crippen molar-refractivity contribution in [1.29, 1.82) is 0 Å². The summed E-state index contributed by atoms with van der Waals surface area (Å²) in [5.74, 6) is 0. The fraction of sp³-hybridized carbons (Fsp3) is 0.538. The average molecular weight is 204 g/mol. The second-order valence-electron chi connectivity index (χ2n) is 4.29. The maximum Gasteiger partial charge on any atom is 0.0322 e. The third kappa shape index (κ3) is 3.05. The Morgan fingerprint density at radius 1 is 1.33 bits per heavy atom. The molecule has 15 heavy (non-hydrogen) atoms. The molecule has 1 heterocycles. The largest absolute Gasteiger partial charge is 0.312 e. The molecule has 82 valence electrons. The van der Waals surface area contributed by atoms with E-state index >= 15 is 0 Å². The van der Waals surface area contributed by atoms with E-state index in [1.165, 1.54) is 18.7 Å². The van der Waals surface area contributed by atoms with Crippen LogP contribution >= 0.6 is 0 Å². The summed E-state index contributed by atoms with van der Waals surface area (Å²) < 4.78 is 0. The number of likely N-dealkylation sites (N-methyl/N-ethyl adjacent to an activating group) is 1. The van der Waals surface area contributed by atoms with E-state index in [2.05, 4.69) is 47.5 Å². The molecule has 2 heteroatoms. The van der Waals surface area contributed by atoms with Gasteiger partial charge in [-0.3, -0.25) is 4.90 Å². The van der Waals surface area contributed by atoms with E-state index in [4.69, 9.17) is 0 Å². The minimum atomic E-state index is 0.729. The minimum absolute atomic E-state index is 0.729. The first-order chi connectivity index (χ1) is 7.38. The van der Waals surface area contributed by atoms with E-state index in [1.807, 2.05) is 0 Å². The van der Waals surface area contributed by atoms with Crippen molar-refractivity contribution < 1.29 is 0 Å². The molecule has 1 saturated heterocycles. The van der Waals surface area contributed by atoms with Crippen LogP contribution in [0, 0.1) is 0 Å². The lowest BCUT2D eigenvalue weighted by Gasteiger charge is -2.40. The molecule has 0 amide bonds. The number of allylic oxidation sites excluding steroid dienone is 5. The molecule has 0 saturated carbocycles. The Hall–Kier alpha value is -0.860. The Bertz CT molecular complexity index is 283. The molecule has 0 aromatic carbocycles. The van der Waals surface area contributed by atoms with Crippen molar-refractivity contribution in [2.45, 2.75) is 19.4 Å². The van der Waals surface area contributed by atoms with Gasteiger partial charge in [-0.15, -0.1) is 0 Å². The molecular weight excluding hydrogens is 184 g/mol. The first-order valence-corrected chi connectivity index (χ1v) is 5.85. The highest BCUT2D eigenvalue weighted by atomic mass is 15.2. The highest BCUT2D eigenvalue weighted by Gasteiger charge is 2.25. The quantitative estimate of drug-likeness (QED) is 0.750. The van der Waals surface area contributed by atoms with Gasteiger partial charge in [0.2, 0.25) is 0 Å². The van der Waals surface area contributed by atoms with Crippen LogP contribution < -0.4 is 5.32 Å². The van der Waals surface area contributed by atoms with Gasteiger partial charge in [0.25, 0.3) is 0 Å². The fourth-order valence-corrected chi connectivity index (χ4v) is 2.14. The summed E-state index contributed by atoms with van der Waals surface area (Å²) in [6, 6.07) is 0.729. The van der Waals surface area contributed by atoms with Crippen molar-refractivity contribution in [3.05, 3.63) is 36.0 Å². The first-order valence-electron chi connectivity index (χ1n) is 5.85. The number of hydrogen-bond donors (Lipinski definition) is 1. The summed E-state index contributed by atoms with van der Waals surface area (Å²) in [4.78, 5) is 2.51. The molecule has 0 radical (unpaired) electrons. The van der Waals surface area contributed by atoms with Crippen LogP contribution in [0.5, 0.6) is 0 Å².